The molecule has 26 heavy (non-hydrogen) atoms. The molecule has 2 aromatic rings. The summed E-state index contributed by atoms with van der Waals surface area (Å²) in [5.74, 6) is 0. The monoisotopic (exact) mass is 373 g/mol. The summed E-state index contributed by atoms with van der Waals surface area (Å²) in [5.41, 5.74) is 2.63. The highest BCUT2D eigenvalue weighted by Gasteiger charge is 2.50. The summed E-state index contributed by atoms with van der Waals surface area (Å²) >= 11 is 6.18. The number of aromatic amines is 1. The number of aromatic nitrogens is 2. The summed E-state index contributed by atoms with van der Waals surface area (Å²) in [6.45, 7) is 6.77. The van der Waals surface area contributed by atoms with Crippen LogP contribution in [0.15, 0.2) is 36.7 Å². The van der Waals surface area contributed by atoms with Crippen LogP contribution >= 0.6 is 11.6 Å². The molecule has 3 N–H and O–H groups in total. The minimum atomic E-state index is 0.111. The van der Waals surface area contributed by atoms with Crippen LogP contribution in [0.2, 0.25) is 5.02 Å². The molecule has 3 atom stereocenters. The number of halogens is 1. The average molecular weight is 374 g/mol. The van der Waals surface area contributed by atoms with Crippen molar-refractivity contribution in [1.82, 2.24) is 20.8 Å². The molecular formula is C20H28ClN5. The smallest absolute Gasteiger partial charge is 0.0580 e. The van der Waals surface area contributed by atoms with Crippen molar-refractivity contribution in [3.63, 3.8) is 0 Å². The molecule has 2 aliphatic heterocycles. The molecule has 5 nitrogen and oxygen atoms in total. The van der Waals surface area contributed by atoms with E-state index in [-0.39, 0.29) is 5.54 Å². The Kier molecular flexibility index (Phi) is 4.95. The zero-order chi connectivity index (χ0) is 18.1. The minimum Gasteiger partial charge on any atom is -0.359 e. The standard InChI is InChI=1S/C20H28ClN5/c1-14-19(11-16-12-23-24-13-16)26(18-5-3-17(21)4-6-18)20(15(2)25-14)7-9-22-10-8-20/h3-6,12-15,19,22,25H,7-11H2,1-2H3,(H,23,24). The van der Waals surface area contributed by atoms with Gasteiger partial charge in [0.2, 0.25) is 0 Å². The maximum atomic E-state index is 6.18. The van der Waals surface area contributed by atoms with Gasteiger partial charge in [0.1, 0.15) is 0 Å². The van der Waals surface area contributed by atoms with Crippen LogP contribution in [0.4, 0.5) is 5.69 Å². The molecule has 0 radical (unpaired) electrons. The van der Waals surface area contributed by atoms with Gasteiger partial charge in [0, 0.05) is 35.0 Å². The van der Waals surface area contributed by atoms with Gasteiger partial charge in [0.25, 0.3) is 0 Å². The molecule has 140 valence electrons. The molecule has 1 aromatic heterocycles. The first-order valence-corrected chi connectivity index (χ1v) is 9.97. The predicted molar refractivity (Wildman–Crippen MR) is 107 cm³/mol. The van der Waals surface area contributed by atoms with Gasteiger partial charge in [-0.3, -0.25) is 5.10 Å². The Morgan fingerprint density at radius 1 is 1.19 bits per heavy atom. The SMILES string of the molecule is CC1NC(C)C2(CCNCC2)N(c2ccc(Cl)cc2)C1Cc1cn[nH]c1. The summed E-state index contributed by atoms with van der Waals surface area (Å²) in [5, 5.41) is 15.3. The Balaban J connectivity index is 1.77. The third-order valence-electron chi connectivity index (χ3n) is 6.28. The Hall–Kier alpha value is -1.56. The van der Waals surface area contributed by atoms with E-state index in [0.717, 1.165) is 37.4 Å². The number of H-pyrrole nitrogens is 1. The van der Waals surface area contributed by atoms with Gasteiger partial charge in [0.05, 0.1) is 11.7 Å². The molecule has 6 heteroatoms. The molecule has 0 amide bonds. The second-order valence-corrected chi connectivity index (χ2v) is 8.19. The largest absolute Gasteiger partial charge is 0.359 e. The van der Waals surface area contributed by atoms with Crippen molar-refractivity contribution in [3.05, 3.63) is 47.2 Å². The van der Waals surface area contributed by atoms with Crippen LogP contribution in [0, 0.1) is 0 Å². The van der Waals surface area contributed by atoms with Crippen LogP contribution in [0.3, 0.4) is 0 Å². The Bertz CT molecular complexity index is 708. The van der Waals surface area contributed by atoms with Crippen molar-refractivity contribution < 1.29 is 0 Å². The van der Waals surface area contributed by atoms with E-state index in [2.05, 4.69) is 51.7 Å². The second-order valence-electron chi connectivity index (χ2n) is 7.76. The van der Waals surface area contributed by atoms with Crippen molar-refractivity contribution >= 4 is 17.3 Å². The van der Waals surface area contributed by atoms with Crippen molar-refractivity contribution in [2.75, 3.05) is 18.0 Å². The third kappa shape index (κ3) is 3.13. The lowest BCUT2D eigenvalue weighted by Crippen LogP contribution is -2.75. The van der Waals surface area contributed by atoms with E-state index < -0.39 is 0 Å². The van der Waals surface area contributed by atoms with E-state index in [9.17, 15) is 0 Å². The van der Waals surface area contributed by atoms with E-state index in [1.165, 1.54) is 11.3 Å². The van der Waals surface area contributed by atoms with Crippen LogP contribution in [0.5, 0.6) is 0 Å². The number of hydrogen-bond donors (Lipinski definition) is 3. The van der Waals surface area contributed by atoms with Crippen LogP contribution in [-0.4, -0.2) is 47.0 Å². The van der Waals surface area contributed by atoms with Crippen molar-refractivity contribution in [3.8, 4) is 0 Å². The number of nitrogens with zero attached hydrogens (tertiary/aromatic N) is 2. The van der Waals surface area contributed by atoms with Crippen molar-refractivity contribution in [2.45, 2.75) is 56.8 Å². The minimum absolute atomic E-state index is 0.111. The Labute approximate surface area is 160 Å². The maximum absolute atomic E-state index is 6.18. The highest BCUT2D eigenvalue weighted by atomic mass is 35.5. The van der Waals surface area contributed by atoms with Gasteiger partial charge in [-0.15, -0.1) is 0 Å². The van der Waals surface area contributed by atoms with Crippen molar-refractivity contribution in [1.29, 1.82) is 0 Å². The summed E-state index contributed by atoms with van der Waals surface area (Å²) in [4.78, 5) is 2.70. The first-order chi connectivity index (χ1) is 12.6. The zero-order valence-electron chi connectivity index (χ0n) is 15.5. The van der Waals surface area contributed by atoms with Gasteiger partial charge in [0.15, 0.2) is 0 Å². The number of rotatable bonds is 3. The quantitative estimate of drug-likeness (QED) is 0.774. The van der Waals surface area contributed by atoms with Crippen LogP contribution in [0.1, 0.15) is 32.3 Å². The van der Waals surface area contributed by atoms with E-state index in [1.54, 1.807) is 0 Å². The predicted octanol–water partition coefficient (Wildman–Crippen LogP) is 2.98. The van der Waals surface area contributed by atoms with Gasteiger partial charge in [-0.2, -0.15) is 5.10 Å². The Morgan fingerprint density at radius 2 is 1.92 bits per heavy atom. The normalized spacial score (nSPS) is 28.4. The van der Waals surface area contributed by atoms with Crippen molar-refractivity contribution in [2.24, 2.45) is 0 Å². The lowest BCUT2D eigenvalue weighted by molar-refractivity contribution is 0.144. The summed E-state index contributed by atoms with van der Waals surface area (Å²) in [6, 6.07) is 9.56. The zero-order valence-corrected chi connectivity index (χ0v) is 16.3. The molecular weight excluding hydrogens is 346 g/mol. The summed E-state index contributed by atoms with van der Waals surface area (Å²) in [7, 11) is 0. The second kappa shape index (κ2) is 7.22. The maximum Gasteiger partial charge on any atom is 0.0580 e. The number of nitrogens with one attached hydrogen (secondary N) is 3. The molecule has 1 aromatic carbocycles. The lowest BCUT2D eigenvalue weighted by Gasteiger charge is -2.60. The fourth-order valence-electron chi connectivity index (χ4n) is 4.91. The fraction of sp³-hybridized carbons (Fsp3) is 0.550. The summed E-state index contributed by atoms with van der Waals surface area (Å²) in [6.07, 6.45) is 7.20. The molecule has 0 saturated carbocycles. The van der Waals surface area contributed by atoms with E-state index in [0.29, 0.717) is 18.1 Å². The van der Waals surface area contributed by atoms with Gasteiger partial charge in [-0.1, -0.05) is 11.6 Å². The lowest BCUT2D eigenvalue weighted by atomic mass is 9.74. The molecule has 4 rings (SSSR count). The van der Waals surface area contributed by atoms with Gasteiger partial charge in [-0.25, -0.2) is 0 Å². The fourth-order valence-corrected chi connectivity index (χ4v) is 5.03. The van der Waals surface area contributed by atoms with E-state index in [4.69, 9.17) is 11.6 Å². The third-order valence-corrected chi connectivity index (χ3v) is 6.53. The Morgan fingerprint density at radius 3 is 2.58 bits per heavy atom. The number of anilines is 1. The molecule has 3 heterocycles. The first kappa shape index (κ1) is 17.8. The highest BCUT2D eigenvalue weighted by molar-refractivity contribution is 6.30. The van der Waals surface area contributed by atoms with Gasteiger partial charge >= 0.3 is 0 Å². The number of hydrogen-bond acceptors (Lipinski definition) is 4. The molecule has 1 spiro atoms. The molecule has 2 aliphatic rings. The van der Waals surface area contributed by atoms with Crippen LogP contribution in [0.25, 0.3) is 0 Å². The van der Waals surface area contributed by atoms with Crippen LogP contribution < -0.4 is 15.5 Å². The number of piperazine rings is 1. The van der Waals surface area contributed by atoms with E-state index in [1.807, 2.05) is 24.5 Å². The van der Waals surface area contributed by atoms with Crippen LogP contribution in [-0.2, 0) is 6.42 Å². The van der Waals surface area contributed by atoms with Gasteiger partial charge < -0.3 is 15.5 Å². The average Bonchev–Trinajstić information content (AvgIpc) is 3.15. The molecule has 0 aliphatic carbocycles. The molecule has 2 saturated heterocycles. The molecule has 3 unspecified atom stereocenters. The van der Waals surface area contributed by atoms with Gasteiger partial charge in [-0.05, 0) is 76.0 Å². The summed E-state index contributed by atoms with van der Waals surface area (Å²) < 4.78 is 0. The van der Waals surface area contributed by atoms with E-state index >= 15 is 0 Å². The number of piperidine rings is 1. The highest BCUT2D eigenvalue weighted by Crippen LogP contribution is 2.41. The topological polar surface area (TPSA) is 56.0 Å². The molecule has 2 fully saturated rings. The number of benzene rings is 1. The first-order valence-electron chi connectivity index (χ1n) is 9.59. The molecule has 0 bridgehead atoms.